The van der Waals surface area contributed by atoms with Crippen molar-refractivity contribution in [2.75, 3.05) is 12.4 Å². The first-order valence-electron chi connectivity index (χ1n) is 8.27. The van der Waals surface area contributed by atoms with Crippen molar-refractivity contribution in [2.45, 2.75) is 0 Å². The molecule has 0 saturated carbocycles. The van der Waals surface area contributed by atoms with E-state index in [1.807, 2.05) is 48.5 Å². The minimum Gasteiger partial charge on any atom is -0.497 e. The van der Waals surface area contributed by atoms with E-state index in [9.17, 15) is 4.39 Å². The topological polar surface area (TPSA) is 47.0 Å². The first kappa shape index (κ1) is 17.2. The van der Waals surface area contributed by atoms with E-state index in [2.05, 4.69) is 15.3 Å². The summed E-state index contributed by atoms with van der Waals surface area (Å²) in [6, 6.07) is 19.4. The quantitative estimate of drug-likeness (QED) is 0.483. The fraction of sp³-hybridized carbons (Fsp3) is 0.0476. The number of benzene rings is 3. The Morgan fingerprint density at radius 3 is 2.48 bits per heavy atom. The van der Waals surface area contributed by atoms with Gasteiger partial charge in [-0.05, 0) is 54.6 Å². The van der Waals surface area contributed by atoms with Gasteiger partial charge in [0.2, 0.25) is 0 Å². The van der Waals surface area contributed by atoms with Gasteiger partial charge in [-0.2, -0.15) is 0 Å². The van der Waals surface area contributed by atoms with Gasteiger partial charge in [-0.25, -0.2) is 14.4 Å². The molecule has 0 fully saturated rings. The fourth-order valence-corrected chi connectivity index (χ4v) is 2.97. The Morgan fingerprint density at radius 2 is 1.74 bits per heavy atom. The minimum atomic E-state index is -0.392. The highest BCUT2D eigenvalue weighted by atomic mass is 35.5. The van der Waals surface area contributed by atoms with Crippen molar-refractivity contribution < 1.29 is 9.13 Å². The summed E-state index contributed by atoms with van der Waals surface area (Å²) < 4.78 is 18.5. The van der Waals surface area contributed by atoms with Crippen LogP contribution in [0.2, 0.25) is 5.02 Å². The Balaban J connectivity index is 1.82. The SMILES string of the molecule is COc1ccc(-c2nc(Nc3ccc(F)cc3Cl)c3ccccc3n2)cc1. The third kappa shape index (κ3) is 3.55. The van der Waals surface area contributed by atoms with Crippen molar-refractivity contribution in [3.63, 3.8) is 0 Å². The first-order chi connectivity index (χ1) is 13.1. The molecule has 6 heteroatoms. The van der Waals surface area contributed by atoms with E-state index in [4.69, 9.17) is 16.3 Å². The van der Waals surface area contributed by atoms with Crippen LogP contribution in [0.5, 0.6) is 5.75 Å². The van der Waals surface area contributed by atoms with Gasteiger partial charge in [-0.3, -0.25) is 0 Å². The number of hydrogen-bond acceptors (Lipinski definition) is 4. The summed E-state index contributed by atoms with van der Waals surface area (Å²) in [5.74, 6) is 1.53. The number of nitrogens with zero attached hydrogens (tertiary/aromatic N) is 2. The molecule has 1 N–H and O–H groups in total. The molecular formula is C21H15ClFN3O. The van der Waals surface area contributed by atoms with Gasteiger partial charge in [0, 0.05) is 10.9 Å². The second-order valence-corrected chi connectivity index (χ2v) is 6.30. The van der Waals surface area contributed by atoms with Crippen LogP contribution in [0.4, 0.5) is 15.9 Å². The summed E-state index contributed by atoms with van der Waals surface area (Å²) >= 11 is 6.16. The summed E-state index contributed by atoms with van der Waals surface area (Å²) in [6.07, 6.45) is 0. The zero-order valence-corrected chi connectivity index (χ0v) is 15.2. The van der Waals surface area contributed by atoms with E-state index < -0.39 is 5.82 Å². The molecule has 0 aliphatic rings. The van der Waals surface area contributed by atoms with E-state index in [1.54, 1.807) is 13.2 Å². The highest BCUT2D eigenvalue weighted by molar-refractivity contribution is 6.33. The number of para-hydroxylation sites is 1. The van der Waals surface area contributed by atoms with Gasteiger partial charge in [0.15, 0.2) is 5.82 Å². The largest absolute Gasteiger partial charge is 0.497 e. The number of methoxy groups -OCH3 is 1. The lowest BCUT2D eigenvalue weighted by atomic mass is 10.1. The number of aromatic nitrogens is 2. The summed E-state index contributed by atoms with van der Waals surface area (Å²) in [4.78, 5) is 9.32. The van der Waals surface area contributed by atoms with Crippen molar-refractivity contribution >= 4 is 34.0 Å². The van der Waals surface area contributed by atoms with Crippen LogP contribution in [0.3, 0.4) is 0 Å². The molecule has 4 aromatic rings. The first-order valence-corrected chi connectivity index (χ1v) is 8.65. The average molecular weight is 380 g/mol. The van der Waals surface area contributed by atoms with Crippen LogP contribution in [0, 0.1) is 5.82 Å². The number of halogens is 2. The summed E-state index contributed by atoms with van der Waals surface area (Å²) in [6.45, 7) is 0. The predicted octanol–water partition coefficient (Wildman–Crippen LogP) is 5.84. The van der Waals surface area contributed by atoms with E-state index in [0.29, 0.717) is 17.3 Å². The number of nitrogens with one attached hydrogen (secondary N) is 1. The van der Waals surface area contributed by atoms with E-state index in [0.717, 1.165) is 22.2 Å². The van der Waals surface area contributed by atoms with E-state index in [1.165, 1.54) is 12.1 Å². The maximum absolute atomic E-state index is 13.3. The highest BCUT2D eigenvalue weighted by Gasteiger charge is 2.11. The molecule has 0 aliphatic heterocycles. The molecule has 0 saturated heterocycles. The lowest BCUT2D eigenvalue weighted by Crippen LogP contribution is -2.00. The number of anilines is 2. The van der Waals surface area contributed by atoms with Gasteiger partial charge in [0.1, 0.15) is 17.4 Å². The number of ether oxygens (including phenoxy) is 1. The molecule has 0 spiro atoms. The Labute approximate surface area is 160 Å². The van der Waals surface area contributed by atoms with Crippen LogP contribution in [0.1, 0.15) is 0 Å². The Hall–Kier alpha value is -3.18. The lowest BCUT2D eigenvalue weighted by molar-refractivity contribution is 0.415. The summed E-state index contributed by atoms with van der Waals surface area (Å²) in [7, 11) is 1.62. The third-order valence-corrected chi connectivity index (χ3v) is 4.45. The average Bonchev–Trinajstić information content (AvgIpc) is 2.70. The Kier molecular flexibility index (Phi) is 4.60. The van der Waals surface area contributed by atoms with Crippen LogP contribution in [-0.2, 0) is 0 Å². The van der Waals surface area contributed by atoms with Crippen molar-refractivity contribution in [1.29, 1.82) is 0 Å². The van der Waals surface area contributed by atoms with Gasteiger partial charge in [0.05, 0.1) is 23.3 Å². The second-order valence-electron chi connectivity index (χ2n) is 5.89. The molecule has 0 atom stereocenters. The second kappa shape index (κ2) is 7.21. The molecule has 0 bridgehead atoms. The Bertz CT molecular complexity index is 1120. The van der Waals surface area contributed by atoms with Crippen molar-refractivity contribution in [1.82, 2.24) is 9.97 Å². The molecular weight excluding hydrogens is 365 g/mol. The van der Waals surface area contributed by atoms with Crippen molar-refractivity contribution in [2.24, 2.45) is 0 Å². The van der Waals surface area contributed by atoms with Crippen LogP contribution in [0.15, 0.2) is 66.7 Å². The molecule has 134 valence electrons. The van der Waals surface area contributed by atoms with Crippen LogP contribution >= 0.6 is 11.6 Å². The molecule has 3 aromatic carbocycles. The normalized spacial score (nSPS) is 10.8. The van der Waals surface area contributed by atoms with Crippen LogP contribution in [0.25, 0.3) is 22.3 Å². The van der Waals surface area contributed by atoms with Crippen molar-refractivity contribution in [3.05, 3.63) is 77.6 Å². The third-order valence-electron chi connectivity index (χ3n) is 4.14. The molecule has 0 radical (unpaired) electrons. The monoisotopic (exact) mass is 379 g/mol. The van der Waals surface area contributed by atoms with Gasteiger partial charge in [-0.15, -0.1) is 0 Å². The lowest BCUT2D eigenvalue weighted by Gasteiger charge is -2.12. The molecule has 4 nitrogen and oxygen atoms in total. The highest BCUT2D eigenvalue weighted by Crippen LogP contribution is 2.31. The molecule has 0 amide bonds. The Morgan fingerprint density at radius 1 is 0.963 bits per heavy atom. The maximum Gasteiger partial charge on any atom is 0.162 e. The molecule has 0 aliphatic carbocycles. The summed E-state index contributed by atoms with van der Waals surface area (Å²) in [5.41, 5.74) is 2.22. The fourth-order valence-electron chi connectivity index (χ4n) is 2.76. The van der Waals surface area contributed by atoms with Crippen LogP contribution in [-0.4, -0.2) is 17.1 Å². The minimum absolute atomic E-state index is 0.281. The van der Waals surface area contributed by atoms with E-state index >= 15 is 0 Å². The van der Waals surface area contributed by atoms with Gasteiger partial charge < -0.3 is 10.1 Å². The van der Waals surface area contributed by atoms with Gasteiger partial charge in [0.25, 0.3) is 0 Å². The molecule has 1 heterocycles. The number of rotatable bonds is 4. The molecule has 0 unspecified atom stereocenters. The number of fused-ring (bicyclic) bond motifs is 1. The zero-order valence-electron chi connectivity index (χ0n) is 14.4. The van der Waals surface area contributed by atoms with Crippen LogP contribution < -0.4 is 10.1 Å². The maximum atomic E-state index is 13.3. The number of hydrogen-bond donors (Lipinski definition) is 1. The van der Waals surface area contributed by atoms with Crippen molar-refractivity contribution in [3.8, 4) is 17.1 Å². The zero-order chi connectivity index (χ0) is 18.8. The predicted molar refractivity (Wildman–Crippen MR) is 106 cm³/mol. The van der Waals surface area contributed by atoms with E-state index in [-0.39, 0.29) is 5.02 Å². The summed E-state index contributed by atoms with van der Waals surface area (Å²) in [5, 5.41) is 4.32. The smallest absolute Gasteiger partial charge is 0.162 e. The molecule has 27 heavy (non-hydrogen) atoms. The standard InChI is InChI=1S/C21H15ClFN3O/c1-27-15-9-6-13(7-10-15)20-24-18-5-3-2-4-16(18)21(26-20)25-19-11-8-14(23)12-17(19)22/h2-12H,1H3,(H,24,25,26). The molecule has 1 aromatic heterocycles. The van der Waals surface area contributed by atoms with Gasteiger partial charge in [-0.1, -0.05) is 23.7 Å². The molecule has 4 rings (SSSR count). The van der Waals surface area contributed by atoms with Gasteiger partial charge >= 0.3 is 0 Å².